The first-order chi connectivity index (χ1) is 15.3. The average molecular weight is 463 g/mol. The molecule has 0 aliphatic heterocycles. The van der Waals surface area contributed by atoms with Crippen LogP contribution in [0.5, 0.6) is 17.2 Å². The maximum atomic E-state index is 12.1. The molecule has 2 aliphatic rings. The molecule has 0 bridgehead atoms. The van der Waals surface area contributed by atoms with E-state index in [9.17, 15) is 9.90 Å². The van der Waals surface area contributed by atoms with Gasteiger partial charge in [0.25, 0.3) is 0 Å². The van der Waals surface area contributed by atoms with E-state index < -0.39 is 11.8 Å². The number of carboxylic acids is 1. The highest BCUT2D eigenvalue weighted by atomic mass is 32.1. The number of thiophene rings is 1. The zero-order chi connectivity index (χ0) is 22.9. The number of fused-ring (bicyclic) bond motifs is 1. The number of carbonyl (C=O) groups is 1. The van der Waals surface area contributed by atoms with Gasteiger partial charge in [-0.1, -0.05) is 20.3 Å². The van der Waals surface area contributed by atoms with Gasteiger partial charge in [0.15, 0.2) is 22.1 Å². The highest BCUT2D eigenvalue weighted by Gasteiger charge is 2.41. The third-order valence-corrected chi connectivity index (χ3v) is 7.88. The predicted octanol–water partition coefficient (Wildman–Crippen LogP) is 6.50. The first-order valence-electron chi connectivity index (χ1n) is 11.6. The second kappa shape index (κ2) is 9.48. The van der Waals surface area contributed by atoms with E-state index >= 15 is 0 Å². The molecule has 6 nitrogen and oxygen atoms in total. The van der Waals surface area contributed by atoms with Crippen molar-refractivity contribution in [1.29, 1.82) is 0 Å². The Balaban J connectivity index is 1.73. The smallest absolute Gasteiger partial charge is 0.349 e. The number of hydrogen-bond acceptors (Lipinski definition) is 6. The van der Waals surface area contributed by atoms with E-state index in [1.54, 1.807) is 14.2 Å². The van der Waals surface area contributed by atoms with Gasteiger partial charge in [-0.3, -0.25) is 0 Å². The lowest BCUT2D eigenvalue weighted by molar-refractivity contribution is -0.236. The lowest BCUT2D eigenvalue weighted by Gasteiger charge is -2.42. The lowest BCUT2D eigenvalue weighted by atomic mass is 9.81. The van der Waals surface area contributed by atoms with Crippen LogP contribution in [0.3, 0.4) is 0 Å². The van der Waals surface area contributed by atoms with E-state index in [1.165, 1.54) is 17.8 Å². The second-order valence-electron chi connectivity index (χ2n) is 9.50. The number of carboxylic acid groups (broad SMARTS) is 1. The standard InChI is InChI=1S/C25H34O6S/c1-15-10-16(2)12-17(11-15)30-25(8-6-5-7-9-25)31-22-18-13-19(28-3)20(29-4)14-21(18)32-23(22)24(26)27/h13-17H,5-12H2,1-4H3,(H,26,27). The summed E-state index contributed by atoms with van der Waals surface area (Å²) in [6.45, 7) is 4.57. The Bertz CT molecular complexity index is 951. The van der Waals surface area contributed by atoms with Crippen LogP contribution < -0.4 is 14.2 Å². The van der Waals surface area contributed by atoms with Gasteiger partial charge >= 0.3 is 5.97 Å². The van der Waals surface area contributed by atoms with Gasteiger partial charge in [-0.25, -0.2) is 4.79 Å². The third-order valence-electron chi connectivity index (χ3n) is 6.76. The molecule has 2 saturated carbocycles. The van der Waals surface area contributed by atoms with Crippen molar-refractivity contribution in [3.63, 3.8) is 0 Å². The van der Waals surface area contributed by atoms with E-state index in [-0.39, 0.29) is 11.0 Å². The van der Waals surface area contributed by atoms with Crippen molar-refractivity contribution in [1.82, 2.24) is 0 Å². The van der Waals surface area contributed by atoms with Gasteiger partial charge in [0.05, 0.1) is 20.3 Å². The summed E-state index contributed by atoms with van der Waals surface area (Å²) in [5.74, 6) is 0.967. The van der Waals surface area contributed by atoms with Crippen LogP contribution in [0, 0.1) is 11.8 Å². The van der Waals surface area contributed by atoms with Crippen LogP contribution in [0.4, 0.5) is 0 Å². The van der Waals surface area contributed by atoms with Crippen LogP contribution in [-0.2, 0) is 4.74 Å². The van der Waals surface area contributed by atoms with Gasteiger partial charge in [-0.15, -0.1) is 11.3 Å². The highest BCUT2D eigenvalue weighted by Crippen LogP contribution is 2.47. The quantitative estimate of drug-likeness (QED) is 0.474. The van der Waals surface area contributed by atoms with Crippen molar-refractivity contribution in [2.24, 2.45) is 11.8 Å². The number of methoxy groups -OCH3 is 2. The minimum atomic E-state index is -0.995. The van der Waals surface area contributed by atoms with Crippen molar-refractivity contribution >= 4 is 27.4 Å². The summed E-state index contributed by atoms with van der Waals surface area (Å²) in [5.41, 5.74) is 0. The number of ether oxygens (including phenoxy) is 4. The molecule has 0 saturated heterocycles. The molecule has 176 valence electrons. The molecule has 2 aromatic rings. The van der Waals surface area contributed by atoms with Gasteiger partial charge in [0.1, 0.15) is 0 Å². The normalized spacial score (nSPS) is 25.4. The summed E-state index contributed by atoms with van der Waals surface area (Å²) in [4.78, 5) is 12.3. The second-order valence-corrected chi connectivity index (χ2v) is 10.6. The molecule has 4 rings (SSSR count). The average Bonchev–Trinajstić information content (AvgIpc) is 3.09. The molecular formula is C25H34O6S. The third kappa shape index (κ3) is 4.69. The summed E-state index contributed by atoms with van der Waals surface area (Å²) >= 11 is 1.20. The Labute approximate surface area is 193 Å². The maximum absolute atomic E-state index is 12.1. The molecule has 2 aliphatic carbocycles. The number of benzene rings is 1. The Morgan fingerprint density at radius 3 is 2.22 bits per heavy atom. The first-order valence-corrected chi connectivity index (χ1v) is 12.4. The van der Waals surface area contributed by atoms with Gasteiger partial charge in [-0.05, 0) is 50.0 Å². The molecule has 2 fully saturated rings. The van der Waals surface area contributed by atoms with E-state index in [2.05, 4.69) is 13.8 Å². The van der Waals surface area contributed by atoms with Crippen LogP contribution in [0.25, 0.3) is 10.1 Å². The fraction of sp³-hybridized carbons (Fsp3) is 0.640. The lowest BCUT2D eigenvalue weighted by Crippen LogP contribution is -2.45. The Kier molecular flexibility index (Phi) is 6.86. The zero-order valence-electron chi connectivity index (χ0n) is 19.4. The summed E-state index contributed by atoms with van der Waals surface area (Å²) in [5, 5.41) is 10.7. The SMILES string of the molecule is COc1cc2sc(C(=O)O)c(OC3(OC4CC(C)CC(C)C4)CCCCC3)c2cc1OC. The Morgan fingerprint density at radius 1 is 1.00 bits per heavy atom. The van der Waals surface area contributed by atoms with E-state index in [4.69, 9.17) is 18.9 Å². The van der Waals surface area contributed by atoms with Gasteiger partial charge < -0.3 is 24.1 Å². The zero-order valence-corrected chi connectivity index (χ0v) is 20.3. The Hall–Kier alpha value is -1.99. The van der Waals surface area contributed by atoms with Crippen LogP contribution in [0.2, 0.25) is 0 Å². The van der Waals surface area contributed by atoms with E-state index in [0.29, 0.717) is 29.1 Å². The van der Waals surface area contributed by atoms with Gasteiger partial charge in [0, 0.05) is 29.0 Å². The number of rotatable bonds is 7. The molecule has 1 aromatic carbocycles. The topological polar surface area (TPSA) is 74.2 Å². The highest BCUT2D eigenvalue weighted by molar-refractivity contribution is 7.21. The molecule has 2 atom stereocenters. The minimum absolute atomic E-state index is 0.139. The summed E-state index contributed by atoms with van der Waals surface area (Å²) in [6, 6.07) is 3.63. The van der Waals surface area contributed by atoms with Crippen molar-refractivity contribution < 1.29 is 28.8 Å². The maximum Gasteiger partial charge on any atom is 0.349 e. The van der Waals surface area contributed by atoms with Crippen LogP contribution in [-0.4, -0.2) is 37.2 Å². The van der Waals surface area contributed by atoms with Crippen molar-refractivity contribution in [2.75, 3.05) is 14.2 Å². The van der Waals surface area contributed by atoms with Crippen LogP contribution in [0.1, 0.15) is 74.9 Å². The van der Waals surface area contributed by atoms with E-state index in [1.807, 2.05) is 12.1 Å². The first kappa shape index (κ1) is 23.2. The molecule has 32 heavy (non-hydrogen) atoms. The predicted molar refractivity (Wildman–Crippen MR) is 125 cm³/mol. The number of hydrogen-bond donors (Lipinski definition) is 1. The minimum Gasteiger partial charge on any atom is -0.493 e. The number of aromatic carboxylic acids is 1. The molecule has 7 heteroatoms. The summed E-state index contributed by atoms with van der Waals surface area (Å²) in [6.07, 6.45) is 8.14. The monoisotopic (exact) mass is 462 g/mol. The van der Waals surface area contributed by atoms with Gasteiger partial charge in [0.2, 0.25) is 5.79 Å². The summed E-state index contributed by atoms with van der Waals surface area (Å²) < 4.78 is 25.1. The fourth-order valence-electron chi connectivity index (χ4n) is 5.44. The molecule has 0 spiro atoms. The fourth-order valence-corrected chi connectivity index (χ4v) is 6.42. The van der Waals surface area contributed by atoms with Crippen LogP contribution >= 0.6 is 11.3 Å². The molecule has 0 amide bonds. The van der Waals surface area contributed by atoms with Crippen molar-refractivity contribution in [3.8, 4) is 17.2 Å². The molecule has 1 N–H and O–H groups in total. The van der Waals surface area contributed by atoms with Crippen molar-refractivity contribution in [3.05, 3.63) is 17.0 Å². The van der Waals surface area contributed by atoms with Crippen LogP contribution in [0.15, 0.2) is 12.1 Å². The molecule has 1 heterocycles. The summed E-state index contributed by atoms with van der Waals surface area (Å²) in [7, 11) is 3.15. The Morgan fingerprint density at radius 2 is 1.62 bits per heavy atom. The molecule has 1 aromatic heterocycles. The van der Waals surface area contributed by atoms with Gasteiger partial charge in [-0.2, -0.15) is 0 Å². The molecular weight excluding hydrogens is 428 g/mol. The molecule has 0 radical (unpaired) electrons. The van der Waals surface area contributed by atoms with Crippen molar-refractivity contribution in [2.45, 2.75) is 77.1 Å². The largest absolute Gasteiger partial charge is 0.493 e. The molecule has 2 unspecified atom stereocenters. The van der Waals surface area contributed by atoms with E-state index in [0.717, 1.165) is 55.0 Å².